The van der Waals surface area contributed by atoms with E-state index in [0.717, 1.165) is 12.1 Å². The Morgan fingerprint density at radius 2 is 1.81 bits per heavy atom. The Bertz CT molecular complexity index is 1340. The van der Waals surface area contributed by atoms with Gasteiger partial charge in [0.15, 0.2) is 0 Å². The molecule has 2 aromatic rings. The number of likely N-dealkylation sites (tertiary alicyclic amines) is 1. The molecule has 4 atom stereocenters. The van der Waals surface area contributed by atoms with Gasteiger partial charge in [-0.1, -0.05) is 30.0 Å². The molecule has 6 nitrogen and oxygen atoms in total. The summed E-state index contributed by atoms with van der Waals surface area (Å²) in [5.41, 5.74) is -0.612. The summed E-state index contributed by atoms with van der Waals surface area (Å²) >= 11 is 0. The minimum Gasteiger partial charge on any atom is -0.347 e. The van der Waals surface area contributed by atoms with E-state index >= 15 is 0 Å². The number of anilines is 1. The van der Waals surface area contributed by atoms with Crippen LogP contribution in [0.15, 0.2) is 42.5 Å². The zero-order valence-corrected chi connectivity index (χ0v) is 19.7. The highest BCUT2D eigenvalue weighted by Crippen LogP contribution is 2.43. The van der Waals surface area contributed by atoms with Gasteiger partial charge in [0.1, 0.15) is 17.9 Å². The third-order valence-electron chi connectivity index (χ3n) is 6.97. The Morgan fingerprint density at radius 1 is 1.08 bits per heavy atom. The summed E-state index contributed by atoms with van der Waals surface area (Å²) in [6.45, 7) is 1.32. The van der Waals surface area contributed by atoms with Crippen LogP contribution in [0, 0.1) is 29.5 Å². The van der Waals surface area contributed by atoms with Crippen molar-refractivity contribution in [3.8, 4) is 11.8 Å². The molecule has 1 aliphatic heterocycles. The summed E-state index contributed by atoms with van der Waals surface area (Å²) in [6, 6.07) is 6.53. The summed E-state index contributed by atoms with van der Waals surface area (Å²) in [7, 11) is 0. The number of carbonyl (C=O) groups is 3. The van der Waals surface area contributed by atoms with E-state index in [2.05, 4.69) is 22.5 Å². The van der Waals surface area contributed by atoms with E-state index in [-0.39, 0.29) is 35.3 Å². The van der Waals surface area contributed by atoms with Crippen LogP contribution in [0.25, 0.3) is 0 Å². The van der Waals surface area contributed by atoms with Crippen LogP contribution in [-0.4, -0.2) is 34.7 Å². The predicted molar refractivity (Wildman–Crippen MR) is 125 cm³/mol. The SMILES string of the molecule is CC(=O)Nc1ccccc1C(=O)N1[C@@H](C(=O)N[C@@H](c2ccc(C(F)(F)F)cc2F)C2CC2)C[C@H]2C#C[C@H]21. The fraction of sp³-hybridized carbons (Fsp3) is 0.370. The molecule has 2 N–H and O–H groups in total. The number of rotatable bonds is 6. The average molecular weight is 513 g/mol. The molecule has 1 saturated carbocycles. The minimum absolute atomic E-state index is 0.0186. The number of hydrogen-bond acceptors (Lipinski definition) is 3. The largest absolute Gasteiger partial charge is 0.416 e. The second-order valence-electron chi connectivity index (χ2n) is 9.59. The lowest BCUT2D eigenvalue weighted by Crippen LogP contribution is -2.50. The average Bonchev–Trinajstić information content (AvgIpc) is 3.62. The Hall–Kier alpha value is -3.87. The van der Waals surface area contributed by atoms with E-state index in [9.17, 15) is 31.9 Å². The van der Waals surface area contributed by atoms with Gasteiger partial charge in [0, 0.05) is 12.5 Å². The Morgan fingerprint density at radius 3 is 2.41 bits per heavy atom. The molecule has 3 aliphatic rings. The number of halogens is 4. The maximum atomic E-state index is 14.8. The number of nitrogens with one attached hydrogen (secondary N) is 2. The van der Waals surface area contributed by atoms with Gasteiger partial charge in [-0.05, 0) is 49.4 Å². The summed E-state index contributed by atoms with van der Waals surface area (Å²) in [5, 5.41) is 5.43. The summed E-state index contributed by atoms with van der Waals surface area (Å²) in [5.74, 6) is 3.17. The quantitative estimate of drug-likeness (QED) is 0.447. The van der Waals surface area contributed by atoms with Crippen LogP contribution in [0.1, 0.15) is 53.7 Å². The van der Waals surface area contributed by atoms with E-state index < -0.39 is 47.5 Å². The fourth-order valence-electron chi connectivity index (χ4n) is 4.97. The molecule has 0 aromatic heterocycles. The molecule has 1 heterocycles. The van der Waals surface area contributed by atoms with Crippen LogP contribution in [0.4, 0.5) is 23.2 Å². The minimum atomic E-state index is -4.69. The molecule has 2 aromatic carbocycles. The van der Waals surface area contributed by atoms with Crippen LogP contribution in [-0.2, 0) is 15.8 Å². The lowest BCUT2D eigenvalue weighted by molar-refractivity contribution is -0.137. The van der Waals surface area contributed by atoms with Crippen molar-refractivity contribution in [2.45, 2.75) is 50.5 Å². The number of amides is 3. The van der Waals surface area contributed by atoms with Gasteiger partial charge in [-0.25, -0.2) is 4.39 Å². The number of carbonyl (C=O) groups excluding carboxylic acids is 3. The zero-order chi connectivity index (χ0) is 26.5. The number of para-hydroxylation sites is 1. The second-order valence-corrected chi connectivity index (χ2v) is 9.59. The van der Waals surface area contributed by atoms with Crippen LogP contribution in [0.3, 0.4) is 0 Å². The van der Waals surface area contributed by atoms with Crippen molar-refractivity contribution in [2.24, 2.45) is 11.8 Å². The number of fused-ring (bicyclic) bond motifs is 1. The molecule has 0 unspecified atom stereocenters. The topological polar surface area (TPSA) is 78.5 Å². The van der Waals surface area contributed by atoms with Gasteiger partial charge < -0.3 is 15.5 Å². The number of benzene rings is 2. The first kappa shape index (κ1) is 24.8. The maximum Gasteiger partial charge on any atom is 0.416 e. The molecule has 10 heteroatoms. The van der Waals surface area contributed by atoms with Crippen molar-refractivity contribution in [3.63, 3.8) is 0 Å². The standard InChI is InChI=1S/C27H23F4N3O3/c1-14(35)32-21-5-3-2-4-19(21)26(37)34-22-11-8-16(22)12-23(34)25(36)33-24(15-6-7-15)18-10-9-17(13-20(18)28)27(29,30)31/h2-5,9-10,13,15-16,22-24H,6-7,12H2,1H3,(H,32,35)(H,33,36)/t16-,22-,23-,24-/m1/s1. The van der Waals surface area contributed by atoms with E-state index in [1.807, 2.05) is 0 Å². The first-order chi connectivity index (χ1) is 17.5. The zero-order valence-electron chi connectivity index (χ0n) is 19.7. The summed E-state index contributed by atoms with van der Waals surface area (Å²) in [4.78, 5) is 40.1. The lowest BCUT2D eigenvalue weighted by Gasteiger charge is -2.31. The maximum absolute atomic E-state index is 14.8. The Labute approximate surface area is 210 Å². The molecule has 1 saturated heterocycles. The van der Waals surface area contributed by atoms with Gasteiger partial charge >= 0.3 is 6.18 Å². The van der Waals surface area contributed by atoms with Crippen molar-refractivity contribution in [2.75, 3.05) is 5.32 Å². The van der Waals surface area contributed by atoms with Crippen LogP contribution in [0.2, 0.25) is 0 Å². The molecule has 5 rings (SSSR count). The third kappa shape index (κ3) is 4.78. The van der Waals surface area contributed by atoms with Gasteiger partial charge in [-0.2, -0.15) is 13.2 Å². The summed E-state index contributed by atoms with van der Waals surface area (Å²) in [6.07, 6.45) is -3.02. The van der Waals surface area contributed by atoms with E-state index in [1.165, 1.54) is 11.8 Å². The molecule has 2 fully saturated rings. The van der Waals surface area contributed by atoms with Gasteiger partial charge in [0.25, 0.3) is 5.91 Å². The molecule has 37 heavy (non-hydrogen) atoms. The highest BCUT2D eigenvalue weighted by Gasteiger charge is 2.50. The molecule has 0 radical (unpaired) electrons. The summed E-state index contributed by atoms with van der Waals surface area (Å²) < 4.78 is 53.8. The Kier molecular flexibility index (Phi) is 6.18. The number of alkyl halides is 3. The van der Waals surface area contributed by atoms with Crippen LogP contribution >= 0.6 is 0 Å². The predicted octanol–water partition coefficient (Wildman–Crippen LogP) is 4.29. The van der Waals surface area contributed by atoms with Crippen molar-refractivity contribution in [1.82, 2.24) is 10.2 Å². The van der Waals surface area contributed by atoms with Crippen molar-refractivity contribution in [1.29, 1.82) is 0 Å². The second kappa shape index (κ2) is 9.21. The molecule has 2 aliphatic carbocycles. The fourth-order valence-corrected chi connectivity index (χ4v) is 4.97. The van der Waals surface area contributed by atoms with Gasteiger partial charge in [0.05, 0.1) is 28.8 Å². The molecular formula is C27H23F4N3O3. The first-order valence-corrected chi connectivity index (χ1v) is 11.9. The van der Waals surface area contributed by atoms with E-state index in [1.54, 1.807) is 24.3 Å². The number of hydrogen-bond donors (Lipinski definition) is 2. The van der Waals surface area contributed by atoms with E-state index in [4.69, 9.17) is 0 Å². The highest BCUT2D eigenvalue weighted by molar-refractivity contribution is 6.05. The third-order valence-corrected chi connectivity index (χ3v) is 6.97. The highest BCUT2D eigenvalue weighted by atomic mass is 19.4. The molecule has 0 spiro atoms. The molecule has 192 valence electrons. The smallest absolute Gasteiger partial charge is 0.347 e. The molecular weight excluding hydrogens is 490 g/mol. The van der Waals surface area contributed by atoms with Gasteiger partial charge in [-0.15, -0.1) is 0 Å². The van der Waals surface area contributed by atoms with Crippen LogP contribution in [0.5, 0.6) is 0 Å². The van der Waals surface area contributed by atoms with Gasteiger partial charge in [-0.3, -0.25) is 14.4 Å². The Balaban J connectivity index is 1.40. The first-order valence-electron chi connectivity index (χ1n) is 11.9. The van der Waals surface area contributed by atoms with Gasteiger partial charge in [0.2, 0.25) is 11.8 Å². The molecule has 3 amide bonds. The van der Waals surface area contributed by atoms with Crippen molar-refractivity contribution >= 4 is 23.4 Å². The molecule has 0 bridgehead atoms. The monoisotopic (exact) mass is 513 g/mol. The van der Waals surface area contributed by atoms with Crippen LogP contribution < -0.4 is 10.6 Å². The van der Waals surface area contributed by atoms with Crippen molar-refractivity contribution in [3.05, 3.63) is 65.0 Å². The number of nitrogens with zero attached hydrogens (tertiary/aromatic N) is 1. The normalized spacial score (nSPS) is 22.7. The van der Waals surface area contributed by atoms with Crippen molar-refractivity contribution < 1.29 is 31.9 Å². The lowest BCUT2D eigenvalue weighted by atomic mass is 9.92. The van der Waals surface area contributed by atoms with E-state index in [0.29, 0.717) is 24.6 Å².